The molecule has 2 N–H and O–H groups in total. The van der Waals surface area contributed by atoms with Crippen molar-refractivity contribution in [2.45, 2.75) is 49.4 Å². The first-order valence-corrected chi connectivity index (χ1v) is 12.5. The molecule has 2 aromatic rings. The fourth-order valence-corrected chi connectivity index (χ4v) is 6.18. The number of β-amino-alcohol motifs (C(OH)–C–C–N with tert-alkyl or cyclic N) is 1. The summed E-state index contributed by atoms with van der Waals surface area (Å²) in [6.45, 7) is 2.10. The number of nitrogens with zero attached hydrogens (tertiary/aromatic N) is 3. The lowest BCUT2D eigenvalue weighted by atomic mass is 9.92. The molecule has 1 unspecified atom stereocenters. The number of rotatable bonds is 6. The van der Waals surface area contributed by atoms with E-state index in [9.17, 15) is 32.7 Å². The van der Waals surface area contributed by atoms with Gasteiger partial charge in [0.1, 0.15) is 5.82 Å². The third-order valence-corrected chi connectivity index (χ3v) is 8.14. The Morgan fingerprint density at radius 1 is 1.24 bits per heavy atom. The number of nitriles is 1. The Bertz CT molecular complexity index is 1230. The SMILES string of the molecule is N#Cc1cccc([C@]23CC[C@@H](N(CCN4CC[C@@H](O)C4)C(=O)Nc4ccc(F)c(C(F)(F)F)c4)C2C3)c1. The molecule has 37 heavy (non-hydrogen) atoms. The maximum absolute atomic E-state index is 13.8. The summed E-state index contributed by atoms with van der Waals surface area (Å²) in [5.74, 6) is -1.22. The molecule has 4 atom stereocenters. The summed E-state index contributed by atoms with van der Waals surface area (Å²) in [6, 6.07) is 11.5. The molecule has 2 saturated carbocycles. The van der Waals surface area contributed by atoms with Gasteiger partial charge in [-0.15, -0.1) is 0 Å². The number of hydrogen-bond donors (Lipinski definition) is 2. The van der Waals surface area contributed by atoms with Crippen molar-refractivity contribution in [2.75, 3.05) is 31.5 Å². The zero-order valence-corrected chi connectivity index (χ0v) is 20.1. The molecular weight excluding hydrogens is 488 g/mol. The number of anilines is 1. The average Bonchev–Trinajstić information content (AvgIpc) is 3.27. The van der Waals surface area contributed by atoms with Gasteiger partial charge in [0, 0.05) is 43.3 Å². The molecule has 0 radical (unpaired) electrons. The molecule has 2 amide bonds. The number of likely N-dealkylation sites (tertiary alicyclic amines) is 1. The van der Waals surface area contributed by atoms with Gasteiger partial charge in [0.05, 0.1) is 23.3 Å². The number of amides is 2. The van der Waals surface area contributed by atoms with Gasteiger partial charge < -0.3 is 15.3 Å². The van der Waals surface area contributed by atoms with Crippen molar-refractivity contribution >= 4 is 11.7 Å². The van der Waals surface area contributed by atoms with Crippen LogP contribution in [0.3, 0.4) is 0 Å². The summed E-state index contributed by atoms with van der Waals surface area (Å²) in [5.41, 5.74) is -0.000932. The summed E-state index contributed by atoms with van der Waals surface area (Å²) in [6.07, 6.45) is -2.18. The zero-order chi connectivity index (χ0) is 26.4. The molecule has 5 rings (SSSR count). The highest BCUT2D eigenvalue weighted by Gasteiger charge is 2.64. The molecular formula is C27H28F4N4O2. The highest BCUT2D eigenvalue weighted by molar-refractivity contribution is 5.89. The van der Waals surface area contributed by atoms with Crippen LogP contribution in [0.15, 0.2) is 42.5 Å². The second-order valence-electron chi connectivity index (χ2n) is 10.3. The summed E-state index contributed by atoms with van der Waals surface area (Å²) < 4.78 is 53.4. The van der Waals surface area contributed by atoms with Gasteiger partial charge in [-0.05, 0) is 67.5 Å². The van der Waals surface area contributed by atoms with Gasteiger partial charge in [0.25, 0.3) is 0 Å². The van der Waals surface area contributed by atoms with Crippen LogP contribution in [-0.2, 0) is 11.6 Å². The van der Waals surface area contributed by atoms with E-state index in [4.69, 9.17) is 0 Å². The van der Waals surface area contributed by atoms with E-state index in [1.54, 1.807) is 11.0 Å². The molecule has 2 aliphatic carbocycles. The standard InChI is InChI=1S/C27H28F4N4O2/c28-23-5-4-19(13-21(23)27(29,30)31)33-25(37)35(11-10-34-9-7-20(36)16-34)24-6-8-26(14-22(24)26)18-3-1-2-17(12-18)15-32/h1-5,12-13,20,22,24,36H,6-11,14,16H2,(H,33,37)/t20-,22?,24-,26-/m1/s1. The van der Waals surface area contributed by atoms with Gasteiger partial charge in [0.2, 0.25) is 0 Å². The molecule has 0 bridgehead atoms. The third kappa shape index (κ3) is 5.03. The Balaban J connectivity index is 1.36. The largest absolute Gasteiger partial charge is 0.419 e. The molecule has 1 aliphatic heterocycles. The van der Waals surface area contributed by atoms with Gasteiger partial charge in [-0.1, -0.05) is 12.1 Å². The van der Waals surface area contributed by atoms with E-state index < -0.39 is 29.7 Å². The van der Waals surface area contributed by atoms with Crippen LogP contribution >= 0.6 is 0 Å². The average molecular weight is 517 g/mol. The Morgan fingerprint density at radius 2 is 2.05 bits per heavy atom. The zero-order valence-electron chi connectivity index (χ0n) is 20.1. The Morgan fingerprint density at radius 3 is 2.73 bits per heavy atom. The molecule has 196 valence electrons. The quantitative estimate of drug-likeness (QED) is 0.544. The molecule has 2 aromatic carbocycles. The lowest BCUT2D eigenvalue weighted by Gasteiger charge is -2.32. The predicted molar refractivity (Wildman–Crippen MR) is 128 cm³/mol. The van der Waals surface area contributed by atoms with Gasteiger partial charge in [0.15, 0.2) is 0 Å². The molecule has 0 aromatic heterocycles. The fourth-order valence-electron chi connectivity index (χ4n) is 6.18. The van der Waals surface area contributed by atoms with Crippen molar-refractivity contribution in [3.63, 3.8) is 0 Å². The van der Waals surface area contributed by atoms with Crippen LogP contribution in [-0.4, -0.2) is 59.3 Å². The second kappa shape index (κ2) is 9.62. The minimum atomic E-state index is -4.88. The summed E-state index contributed by atoms with van der Waals surface area (Å²) >= 11 is 0. The second-order valence-corrected chi connectivity index (χ2v) is 10.3. The van der Waals surface area contributed by atoms with E-state index in [1.165, 1.54) is 0 Å². The number of benzene rings is 2. The van der Waals surface area contributed by atoms with E-state index in [0.29, 0.717) is 50.3 Å². The van der Waals surface area contributed by atoms with Gasteiger partial charge in [-0.3, -0.25) is 4.90 Å². The van der Waals surface area contributed by atoms with Gasteiger partial charge >= 0.3 is 12.2 Å². The number of carbonyl (C=O) groups excluding carboxylic acids is 1. The number of urea groups is 1. The van der Waals surface area contributed by atoms with E-state index in [1.807, 2.05) is 18.2 Å². The maximum atomic E-state index is 13.8. The van der Waals surface area contributed by atoms with E-state index in [2.05, 4.69) is 16.3 Å². The molecule has 3 aliphatic rings. The molecule has 6 nitrogen and oxygen atoms in total. The summed E-state index contributed by atoms with van der Waals surface area (Å²) in [5, 5.41) is 21.7. The van der Waals surface area contributed by atoms with E-state index in [0.717, 1.165) is 30.9 Å². The smallest absolute Gasteiger partial charge is 0.392 e. The lowest BCUT2D eigenvalue weighted by molar-refractivity contribution is -0.139. The highest BCUT2D eigenvalue weighted by Crippen LogP contribution is 2.65. The minimum absolute atomic E-state index is 0.112. The van der Waals surface area contributed by atoms with Crippen LogP contribution in [0, 0.1) is 23.1 Å². The van der Waals surface area contributed by atoms with Crippen molar-refractivity contribution in [3.05, 3.63) is 65.0 Å². The number of carbonyl (C=O) groups is 1. The first-order valence-electron chi connectivity index (χ1n) is 12.5. The molecule has 0 spiro atoms. The monoisotopic (exact) mass is 516 g/mol. The van der Waals surface area contributed by atoms with Crippen LogP contribution in [0.5, 0.6) is 0 Å². The number of nitrogens with one attached hydrogen (secondary N) is 1. The van der Waals surface area contributed by atoms with Crippen molar-refractivity contribution in [1.82, 2.24) is 9.80 Å². The lowest BCUT2D eigenvalue weighted by Crippen LogP contribution is -2.47. The number of aliphatic hydroxyl groups is 1. The highest BCUT2D eigenvalue weighted by atomic mass is 19.4. The van der Waals surface area contributed by atoms with Crippen LogP contribution in [0.25, 0.3) is 0 Å². The van der Waals surface area contributed by atoms with E-state index >= 15 is 0 Å². The number of fused-ring (bicyclic) bond motifs is 1. The third-order valence-electron chi connectivity index (χ3n) is 8.14. The fraction of sp³-hybridized carbons (Fsp3) is 0.481. The van der Waals surface area contributed by atoms with Crippen LogP contribution in [0.4, 0.5) is 28.0 Å². The summed E-state index contributed by atoms with van der Waals surface area (Å²) in [7, 11) is 0. The van der Waals surface area contributed by atoms with Crippen LogP contribution < -0.4 is 5.32 Å². The first-order chi connectivity index (χ1) is 17.6. The van der Waals surface area contributed by atoms with Crippen molar-refractivity contribution in [1.29, 1.82) is 5.26 Å². The molecule has 3 fully saturated rings. The topological polar surface area (TPSA) is 79.6 Å². The van der Waals surface area contributed by atoms with Crippen molar-refractivity contribution < 1.29 is 27.5 Å². The minimum Gasteiger partial charge on any atom is -0.392 e. The van der Waals surface area contributed by atoms with Crippen LogP contribution in [0.1, 0.15) is 42.4 Å². The maximum Gasteiger partial charge on any atom is 0.419 e. The van der Waals surface area contributed by atoms with Crippen molar-refractivity contribution in [2.24, 2.45) is 5.92 Å². The number of hydrogen-bond acceptors (Lipinski definition) is 4. The van der Waals surface area contributed by atoms with Gasteiger partial charge in [-0.2, -0.15) is 18.4 Å². The molecule has 10 heteroatoms. The number of halogens is 4. The Hall–Kier alpha value is -3.16. The number of alkyl halides is 3. The molecule has 1 saturated heterocycles. The Labute approximate surface area is 212 Å². The predicted octanol–water partition coefficient (Wildman–Crippen LogP) is 4.74. The first kappa shape index (κ1) is 25.5. The Kier molecular flexibility index (Phi) is 6.62. The molecule has 1 heterocycles. The van der Waals surface area contributed by atoms with E-state index in [-0.39, 0.29) is 23.1 Å². The van der Waals surface area contributed by atoms with Crippen LogP contribution in [0.2, 0.25) is 0 Å². The van der Waals surface area contributed by atoms with Crippen molar-refractivity contribution in [3.8, 4) is 6.07 Å². The summed E-state index contributed by atoms with van der Waals surface area (Å²) in [4.78, 5) is 17.2. The van der Waals surface area contributed by atoms with Gasteiger partial charge in [-0.25, -0.2) is 9.18 Å². The number of aliphatic hydroxyl groups excluding tert-OH is 1. The normalized spacial score (nSPS) is 27.0.